The van der Waals surface area contributed by atoms with E-state index in [0.29, 0.717) is 11.7 Å². The van der Waals surface area contributed by atoms with Gasteiger partial charge in [0.25, 0.3) is 0 Å². The van der Waals surface area contributed by atoms with E-state index in [2.05, 4.69) is 61.5 Å². The molecule has 24 heavy (non-hydrogen) atoms. The summed E-state index contributed by atoms with van der Waals surface area (Å²) in [5, 5.41) is 10.3. The molecule has 1 nitrogen and oxygen atoms in total. The summed E-state index contributed by atoms with van der Waals surface area (Å²) in [5.74, 6) is 1.11. The molecule has 0 aliphatic heterocycles. The summed E-state index contributed by atoms with van der Waals surface area (Å²) in [4.78, 5) is 0. The Balaban J connectivity index is 1.82. The van der Waals surface area contributed by atoms with Crippen molar-refractivity contribution in [3.8, 4) is 5.75 Å². The van der Waals surface area contributed by atoms with E-state index in [-0.39, 0.29) is 5.92 Å². The van der Waals surface area contributed by atoms with Gasteiger partial charge in [-0.2, -0.15) is 0 Å². The van der Waals surface area contributed by atoms with Crippen LogP contribution in [0.4, 0.5) is 0 Å². The molecule has 3 aromatic carbocycles. The summed E-state index contributed by atoms with van der Waals surface area (Å²) in [5.41, 5.74) is 3.66. The molecule has 0 spiro atoms. The second kappa shape index (κ2) is 7.83. The zero-order valence-electron chi connectivity index (χ0n) is 14.1. The van der Waals surface area contributed by atoms with E-state index < -0.39 is 0 Å². The number of phenols is 1. The Labute approximate surface area is 144 Å². The highest BCUT2D eigenvalue weighted by Gasteiger charge is 2.18. The third-order valence-corrected chi connectivity index (χ3v) is 4.77. The Morgan fingerprint density at radius 3 is 1.83 bits per heavy atom. The van der Waals surface area contributed by atoms with Gasteiger partial charge >= 0.3 is 0 Å². The zero-order chi connectivity index (χ0) is 16.8. The summed E-state index contributed by atoms with van der Waals surface area (Å²) in [6, 6.07) is 28.9. The normalized spacial score (nSPS) is 13.4. The summed E-state index contributed by atoms with van der Waals surface area (Å²) in [7, 11) is 0. The van der Waals surface area contributed by atoms with Crippen molar-refractivity contribution in [3.05, 3.63) is 102 Å². The average molecular weight is 316 g/mol. The molecular formula is C23H24O. The Bertz CT molecular complexity index is 749. The molecule has 1 N–H and O–H groups in total. The van der Waals surface area contributed by atoms with Crippen LogP contribution in [0.25, 0.3) is 0 Å². The number of phenolic OH excluding ortho intramolecular Hbond substituents is 1. The average Bonchev–Trinajstić information content (AvgIpc) is 2.65. The van der Waals surface area contributed by atoms with Crippen LogP contribution < -0.4 is 0 Å². The number of rotatable bonds is 6. The summed E-state index contributed by atoms with van der Waals surface area (Å²) >= 11 is 0. The Morgan fingerprint density at radius 2 is 1.21 bits per heavy atom. The highest BCUT2D eigenvalue weighted by Crippen LogP contribution is 2.36. The molecular weight excluding hydrogens is 292 g/mol. The lowest BCUT2D eigenvalue weighted by Crippen LogP contribution is -2.04. The molecule has 0 amide bonds. The van der Waals surface area contributed by atoms with Crippen molar-refractivity contribution in [1.82, 2.24) is 0 Å². The van der Waals surface area contributed by atoms with E-state index in [1.54, 1.807) is 6.07 Å². The van der Waals surface area contributed by atoms with Gasteiger partial charge in [0.05, 0.1) is 0 Å². The Hall–Kier alpha value is -2.54. The topological polar surface area (TPSA) is 20.2 Å². The molecule has 3 aromatic rings. The van der Waals surface area contributed by atoms with Gasteiger partial charge in [0.15, 0.2) is 0 Å². The van der Waals surface area contributed by atoms with Gasteiger partial charge in [0.1, 0.15) is 5.75 Å². The summed E-state index contributed by atoms with van der Waals surface area (Å²) < 4.78 is 0. The van der Waals surface area contributed by atoms with Crippen LogP contribution in [0.15, 0.2) is 84.9 Å². The van der Waals surface area contributed by atoms with E-state index in [9.17, 15) is 5.11 Å². The molecule has 0 bridgehead atoms. The van der Waals surface area contributed by atoms with Gasteiger partial charge in [-0.15, -0.1) is 0 Å². The Kier molecular flexibility index (Phi) is 5.32. The van der Waals surface area contributed by atoms with Crippen LogP contribution in [-0.4, -0.2) is 5.11 Å². The molecule has 0 saturated carbocycles. The molecule has 0 saturated heterocycles. The predicted molar refractivity (Wildman–Crippen MR) is 100 cm³/mol. The summed E-state index contributed by atoms with van der Waals surface area (Å²) in [6.07, 6.45) is 2.09. The number of aromatic hydroxyl groups is 1. The first-order chi connectivity index (χ1) is 11.8. The van der Waals surface area contributed by atoms with E-state index in [4.69, 9.17) is 0 Å². The lowest BCUT2D eigenvalue weighted by Gasteiger charge is -2.21. The van der Waals surface area contributed by atoms with Crippen molar-refractivity contribution < 1.29 is 5.11 Å². The molecule has 0 aliphatic rings. The number of hydrogen-bond acceptors (Lipinski definition) is 1. The molecule has 1 heteroatoms. The van der Waals surface area contributed by atoms with Crippen LogP contribution in [0.5, 0.6) is 5.75 Å². The van der Waals surface area contributed by atoms with Crippen LogP contribution in [0.2, 0.25) is 0 Å². The van der Waals surface area contributed by atoms with Crippen molar-refractivity contribution in [2.24, 2.45) is 0 Å². The lowest BCUT2D eigenvalue weighted by molar-refractivity contribution is 0.460. The highest BCUT2D eigenvalue weighted by atomic mass is 16.3. The van der Waals surface area contributed by atoms with Gasteiger partial charge in [-0.25, -0.2) is 0 Å². The van der Waals surface area contributed by atoms with Crippen molar-refractivity contribution in [2.75, 3.05) is 0 Å². The van der Waals surface area contributed by atoms with Gasteiger partial charge in [0.2, 0.25) is 0 Å². The minimum atomic E-state index is 0.221. The zero-order valence-corrected chi connectivity index (χ0v) is 14.1. The first-order valence-corrected chi connectivity index (χ1v) is 8.63. The van der Waals surface area contributed by atoms with E-state index in [1.165, 1.54) is 11.1 Å². The maximum absolute atomic E-state index is 10.3. The van der Waals surface area contributed by atoms with Gasteiger partial charge in [-0.3, -0.25) is 0 Å². The van der Waals surface area contributed by atoms with Crippen LogP contribution in [0.3, 0.4) is 0 Å². The fourth-order valence-corrected chi connectivity index (χ4v) is 3.33. The first-order valence-electron chi connectivity index (χ1n) is 8.63. The fraction of sp³-hybridized carbons (Fsp3) is 0.217. The maximum Gasteiger partial charge on any atom is 0.119 e. The van der Waals surface area contributed by atoms with Crippen molar-refractivity contribution in [3.63, 3.8) is 0 Å². The first kappa shape index (κ1) is 16.3. The second-order valence-corrected chi connectivity index (χ2v) is 6.41. The standard InChI is InChI=1S/C23H24O/c1-18(19-10-4-2-5-11-19)16-17-21(20-12-6-3-7-13-20)22-14-8-9-15-23(22)24/h2-15,18,21,24H,16-17H2,1H3. The smallest absolute Gasteiger partial charge is 0.119 e. The quantitative estimate of drug-likeness (QED) is 0.582. The van der Waals surface area contributed by atoms with Gasteiger partial charge in [-0.1, -0.05) is 85.8 Å². The molecule has 0 aliphatic carbocycles. The maximum atomic E-state index is 10.3. The van der Waals surface area contributed by atoms with E-state index in [1.807, 2.05) is 24.3 Å². The van der Waals surface area contributed by atoms with Gasteiger partial charge in [0, 0.05) is 11.5 Å². The third kappa shape index (κ3) is 3.86. The van der Waals surface area contributed by atoms with Crippen LogP contribution in [-0.2, 0) is 0 Å². The van der Waals surface area contributed by atoms with Crippen LogP contribution in [0, 0.1) is 0 Å². The molecule has 0 heterocycles. The van der Waals surface area contributed by atoms with E-state index in [0.717, 1.165) is 18.4 Å². The minimum Gasteiger partial charge on any atom is -0.508 e. The Morgan fingerprint density at radius 1 is 0.667 bits per heavy atom. The summed E-state index contributed by atoms with van der Waals surface area (Å²) in [6.45, 7) is 2.28. The van der Waals surface area contributed by atoms with Gasteiger partial charge in [-0.05, 0) is 36.0 Å². The monoisotopic (exact) mass is 316 g/mol. The largest absolute Gasteiger partial charge is 0.508 e. The minimum absolute atomic E-state index is 0.221. The van der Waals surface area contributed by atoms with Crippen LogP contribution in [0.1, 0.15) is 48.3 Å². The van der Waals surface area contributed by atoms with Crippen molar-refractivity contribution in [2.45, 2.75) is 31.6 Å². The predicted octanol–water partition coefficient (Wildman–Crippen LogP) is 6.11. The van der Waals surface area contributed by atoms with Gasteiger partial charge < -0.3 is 5.11 Å². The molecule has 2 atom stereocenters. The third-order valence-electron chi connectivity index (χ3n) is 4.77. The van der Waals surface area contributed by atoms with Crippen molar-refractivity contribution in [1.29, 1.82) is 0 Å². The molecule has 0 fully saturated rings. The molecule has 0 radical (unpaired) electrons. The molecule has 122 valence electrons. The lowest BCUT2D eigenvalue weighted by atomic mass is 9.83. The van der Waals surface area contributed by atoms with E-state index >= 15 is 0 Å². The number of hydrogen-bond donors (Lipinski definition) is 1. The fourth-order valence-electron chi connectivity index (χ4n) is 3.33. The molecule has 3 rings (SSSR count). The SMILES string of the molecule is CC(CCC(c1ccccc1)c1ccccc1O)c1ccccc1. The van der Waals surface area contributed by atoms with Crippen LogP contribution >= 0.6 is 0 Å². The number of para-hydroxylation sites is 1. The highest BCUT2D eigenvalue weighted by molar-refractivity contribution is 5.41. The molecule has 2 unspecified atom stereocenters. The van der Waals surface area contributed by atoms with Crippen molar-refractivity contribution >= 4 is 0 Å². The second-order valence-electron chi connectivity index (χ2n) is 6.41. The molecule has 0 aromatic heterocycles. The number of benzene rings is 3.